The van der Waals surface area contributed by atoms with Crippen molar-refractivity contribution in [3.8, 4) is 0 Å². The largest absolute Gasteiger partial charge is 0.343 e. The molecule has 0 N–H and O–H groups in total. The highest BCUT2D eigenvalue weighted by Gasteiger charge is 2.18. The van der Waals surface area contributed by atoms with Crippen molar-refractivity contribution in [1.82, 2.24) is 10.2 Å². The van der Waals surface area contributed by atoms with Crippen molar-refractivity contribution in [2.75, 3.05) is 17.3 Å². The summed E-state index contributed by atoms with van der Waals surface area (Å²) >= 11 is 7.47. The van der Waals surface area contributed by atoms with Crippen molar-refractivity contribution in [3.63, 3.8) is 0 Å². The molecule has 1 heterocycles. The normalized spacial score (nSPS) is 11.0. The predicted octanol–water partition coefficient (Wildman–Crippen LogP) is 3.08. The van der Waals surface area contributed by atoms with Gasteiger partial charge in [-0.1, -0.05) is 25.2 Å². The minimum atomic E-state index is 0.524. The van der Waals surface area contributed by atoms with E-state index in [1.54, 1.807) is 11.3 Å². The molecule has 5 heteroatoms. The topological polar surface area (TPSA) is 29.0 Å². The molecule has 86 valence electrons. The van der Waals surface area contributed by atoms with Gasteiger partial charge in [0.15, 0.2) is 0 Å². The molecule has 3 nitrogen and oxygen atoms in total. The van der Waals surface area contributed by atoms with Gasteiger partial charge in [-0.25, -0.2) is 0 Å². The highest BCUT2D eigenvalue weighted by atomic mass is 35.5. The maximum absolute atomic E-state index is 5.83. The van der Waals surface area contributed by atoms with E-state index in [9.17, 15) is 0 Å². The zero-order chi connectivity index (χ0) is 11.3. The zero-order valence-electron chi connectivity index (χ0n) is 9.53. The molecule has 0 bridgehead atoms. The first-order chi connectivity index (χ1) is 7.22. The second kappa shape index (κ2) is 6.28. The first kappa shape index (κ1) is 12.7. The lowest BCUT2D eigenvalue weighted by Crippen LogP contribution is -2.36. The van der Waals surface area contributed by atoms with E-state index in [4.69, 9.17) is 11.6 Å². The van der Waals surface area contributed by atoms with Gasteiger partial charge >= 0.3 is 0 Å². The van der Waals surface area contributed by atoms with Crippen LogP contribution in [0.4, 0.5) is 5.13 Å². The predicted molar refractivity (Wildman–Crippen MR) is 67.1 cm³/mol. The van der Waals surface area contributed by atoms with Crippen molar-refractivity contribution in [2.24, 2.45) is 0 Å². The van der Waals surface area contributed by atoms with Crippen LogP contribution in [0.1, 0.15) is 31.7 Å². The minimum Gasteiger partial charge on any atom is -0.343 e. The fraction of sp³-hybridized carbons (Fsp3) is 0.800. The molecule has 0 aromatic carbocycles. The molecule has 1 rings (SSSR count). The SMILES string of the molecule is CCC(CC)N(CCCl)c1nnc(C)s1. The second-order valence-corrected chi connectivity index (χ2v) is 4.99. The molecule has 1 aromatic rings. The number of nitrogens with zero attached hydrogens (tertiary/aromatic N) is 3. The first-order valence-electron chi connectivity index (χ1n) is 5.35. The molecule has 0 aliphatic carbocycles. The van der Waals surface area contributed by atoms with E-state index in [1.807, 2.05) is 6.92 Å². The van der Waals surface area contributed by atoms with Crippen molar-refractivity contribution in [2.45, 2.75) is 39.7 Å². The summed E-state index contributed by atoms with van der Waals surface area (Å²) in [5.41, 5.74) is 0. The Kier molecular flexibility index (Phi) is 5.32. The molecule has 0 fully saturated rings. The van der Waals surface area contributed by atoms with E-state index < -0.39 is 0 Å². The van der Waals surface area contributed by atoms with E-state index >= 15 is 0 Å². The lowest BCUT2D eigenvalue weighted by atomic mass is 10.1. The third-order valence-corrected chi connectivity index (χ3v) is 3.51. The molecule has 0 amide bonds. The van der Waals surface area contributed by atoms with Gasteiger partial charge in [0.1, 0.15) is 5.01 Å². The molecule has 1 aromatic heterocycles. The van der Waals surface area contributed by atoms with Gasteiger partial charge in [-0.3, -0.25) is 0 Å². The van der Waals surface area contributed by atoms with Crippen LogP contribution in [-0.4, -0.2) is 28.7 Å². The number of rotatable bonds is 6. The molecular formula is C10H18ClN3S. The van der Waals surface area contributed by atoms with Gasteiger partial charge < -0.3 is 4.90 Å². The smallest absolute Gasteiger partial charge is 0.208 e. The van der Waals surface area contributed by atoms with Crippen LogP contribution < -0.4 is 4.90 Å². The average Bonchev–Trinajstić information content (AvgIpc) is 2.65. The van der Waals surface area contributed by atoms with Gasteiger partial charge in [-0.2, -0.15) is 0 Å². The average molecular weight is 248 g/mol. The van der Waals surface area contributed by atoms with Crippen LogP contribution in [0.3, 0.4) is 0 Å². The highest BCUT2D eigenvalue weighted by molar-refractivity contribution is 7.15. The fourth-order valence-electron chi connectivity index (χ4n) is 1.66. The quantitative estimate of drug-likeness (QED) is 0.724. The van der Waals surface area contributed by atoms with Crippen LogP contribution in [0.15, 0.2) is 0 Å². The minimum absolute atomic E-state index is 0.524. The first-order valence-corrected chi connectivity index (χ1v) is 6.70. The van der Waals surface area contributed by atoms with Crippen molar-refractivity contribution in [3.05, 3.63) is 5.01 Å². The summed E-state index contributed by atoms with van der Waals surface area (Å²) in [5.74, 6) is 0.634. The van der Waals surface area contributed by atoms with Crippen LogP contribution in [0, 0.1) is 6.92 Å². The Morgan fingerprint density at radius 3 is 2.40 bits per heavy atom. The number of aryl methyl sites for hydroxylation is 1. The van der Waals surface area contributed by atoms with E-state index in [-0.39, 0.29) is 0 Å². The molecule has 0 aliphatic heterocycles. The highest BCUT2D eigenvalue weighted by Crippen LogP contribution is 2.23. The van der Waals surface area contributed by atoms with Crippen LogP contribution in [0.25, 0.3) is 0 Å². The van der Waals surface area contributed by atoms with Gasteiger partial charge in [-0.15, -0.1) is 21.8 Å². The number of alkyl halides is 1. The summed E-state index contributed by atoms with van der Waals surface area (Å²) in [7, 11) is 0. The Bertz CT molecular complexity index is 286. The lowest BCUT2D eigenvalue weighted by molar-refractivity contribution is 0.565. The van der Waals surface area contributed by atoms with Crippen LogP contribution in [0.5, 0.6) is 0 Å². The number of hydrogen-bond acceptors (Lipinski definition) is 4. The lowest BCUT2D eigenvalue weighted by Gasteiger charge is -2.28. The molecule has 0 unspecified atom stereocenters. The standard InChI is InChI=1S/C10H18ClN3S/c1-4-9(5-2)14(7-6-11)10-13-12-8(3)15-10/h9H,4-7H2,1-3H3. The van der Waals surface area contributed by atoms with E-state index in [0.29, 0.717) is 11.9 Å². The summed E-state index contributed by atoms with van der Waals surface area (Å²) in [4.78, 5) is 2.28. The maximum Gasteiger partial charge on any atom is 0.208 e. The van der Waals surface area contributed by atoms with Crippen molar-refractivity contribution < 1.29 is 0 Å². The number of halogens is 1. The summed E-state index contributed by atoms with van der Waals surface area (Å²) in [5, 5.41) is 10.3. The number of aromatic nitrogens is 2. The van der Waals surface area contributed by atoms with Crippen molar-refractivity contribution >= 4 is 28.1 Å². The fourth-order valence-corrected chi connectivity index (χ4v) is 2.62. The Hall–Kier alpha value is -0.350. The van der Waals surface area contributed by atoms with Crippen molar-refractivity contribution in [1.29, 1.82) is 0 Å². The van der Waals surface area contributed by atoms with Crippen LogP contribution >= 0.6 is 22.9 Å². The molecule has 0 aliphatic rings. The molecular weight excluding hydrogens is 230 g/mol. The number of hydrogen-bond donors (Lipinski definition) is 0. The Morgan fingerprint density at radius 2 is 2.00 bits per heavy atom. The molecule has 0 saturated heterocycles. The molecule has 0 spiro atoms. The van der Waals surface area contributed by atoms with E-state index in [0.717, 1.165) is 29.5 Å². The van der Waals surface area contributed by atoms with E-state index in [2.05, 4.69) is 28.9 Å². The maximum atomic E-state index is 5.83. The zero-order valence-corrected chi connectivity index (χ0v) is 11.1. The Labute approximate surface area is 100 Å². The Morgan fingerprint density at radius 1 is 1.33 bits per heavy atom. The van der Waals surface area contributed by atoms with Gasteiger partial charge in [0, 0.05) is 18.5 Å². The van der Waals surface area contributed by atoms with Crippen LogP contribution in [-0.2, 0) is 0 Å². The van der Waals surface area contributed by atoms with Gasteiger partial charge in [-0.05, 0) is 19.8 Å². The summed E-state index contributed by atoms with van der Waals surface area (Å²) in [6, 6.07) is 0.524. The second-order valence-electron chi connectivity index (χ2n) is 3.46. The van der Waals surface area contributed by atoms with Gasteiger partial charge in [0.25, 0.3) is 0 Å². The summed E-state index contributed by atoms with van der Waals surface area (Å²) in [6.45, 7) is 7.22. The van der Waals surface area contributed by atoms with Crippen LogP contribution in [0.2, 0.25) is 0 Å². The summed E-state index contributed by atoms with van der Waals surface area (Å²) < 4.78 is 0. The molecule has 0 saturated carbocycles. The monoisotopic (exact) mass is 247 g/mol. The Balaban J connectivity index is 2.81. The van der Waals surface area contributed by atoms with Gasteiger partial charge in [0.05, 0.1) is 0 Å². The summed E-state index contributed by atoms with van der Waals surface area (Å²) in [6.07, 6.45) is 2.23. The third-order valence-electron chi connectivity index (χ3n) is 2.47. The number of anilines is 1. The molecule has 0 radical (unpaired) electrons. The van der Waals surface area contributed by atoms with E-state index in [1.165, 1.54) is 0 Å². The third kappa shape index (κ3) is 3.31. The van der Waals surface area contributed by atoms with Gasteiger partial charge in [0.2, 0.25) is 5.13 Å². The molecule has 0 atom stereocenters. The molecule has 15 heavy (non-hydrogen) atoms.